The summed E-state index contributed by atoms with van der Waals surface area (Å²) in [7, 11) is -4.05. The summed E-state index contributed by atoms with van der Waals surface area (Å²) in [5, 5.41) is 3.13. The molecule has 2 heterocycles. The molecule has 1 unspecified atom stereocenters. The fourth-order valence-corrected chi connectivity index (χ4v) is 8.31. The largest absolute Gasteiger partial charge is 0.452 e. The number of carbonyl (C=O) groups excluding carboxylic acids is 2. The van der Waals surface area contributed by atoms with Crippen LogP contribution in [0, 0.1) is 18.8 Å². The second-order valence-electron chi connectivity index (χ2n) is 11.7. The van der Waals surface area contributed by atoms with Crippen molar-refractivity contribution in [2.24, 2.45) is 11.8 Å². The summed E-state index contributed by atoms with van der Waals surface area (Å²) in [6.07, 6.45) is 2.45. The van der Waals surface area contributed by atoms with Crippen molar-refractivity contribution >= 4 is 27.6 Å². The Morgan fingerprint density at radius 2 is 1.76 bits per heavy atom. The maximum Gasteiger partial charge on any atom is 0.303 e. The van der Waals surface area contributed by atoms with Crippen molar-refractivity contribution in [3.05, 3.63) is 59.7 Å². The van der Waals surface area contributed by atoms with E-state index in [0.29, 0.717) is 43.7 Å². The Labute approximate surface area is 242 Å². The average molecular weight is 585 g/mol. The van der Waals surface area contributed by atoms with Gasteiger partial charge in [-0.1, -0.05) is 56.2 Å². The molecule has 10 heteroatoms. The van der Waals surface area contributed by atoms with Crippen LogP contribution in [-0.4, -0.2) is 51.4 Å². The van der Waals surface area contributed by atoms with Gasteiger partial charge in [-0.05, 0) is 50.3 Å². The van der Waals surface area contributed by atoms with Crippen molar-refractivity contribution in [3.8, 4) is 0 Å². The number of esters is 1. The number of hydrogen-bond donors (Lipinski definition) is 1. The smallest absolute Gasteiger partial charge is 0.303 e. The summed E-state index contributed by atoms with van der Waals surface area (Å²) in [5.41, 5.74) is 2.15. The maximum atomic E-state index is 14.5. The molecular weight excluding hydrogens is 544 g/mol. The summed E-state index contributed by atoms with van der Waals surface area (Å²) < 4.78 is 48.4. The second-order valence-corrected chi connectivity index (χ2v) is 13.6. The van der Waals surface area contributed by atoms with Crippen molar-refractivity contribution in [1.29, 1.82) is 0 Å². The van der Waals surface area contributed by atoms with Crippen molar-refractivity contribution < 1.29 is 32.2 Å². The third-order valence-corrected chi connectivity index (χ3v) is 10.2. The van der Waals surface area contributed by atoms with Crippen LogP contribution in [0.3, 0.4) is 0 Å². The Hall–Kier alpha value is -2.95. The number of rotatable bonds is 8. The first-order chi connectivity index (χ1) is 19.5. The van der Waals surface area contributed by atoms with E-state index in [9.17, 15) is 18.0 Å². The molecule has 0 aromatic heterocycles. The van der Waals surface area contributed by atoms with Crippen molar-refractivity contribution in [3.63, 3.8) is 0 Å². The number of anilines is 1. The Kier molecular flexibility index (Phi) is 8.46. The molecule has 1 aliphatic carbocycles. The van der Waals surface area contributed by atoms with Gasteiger partial charge in [0.1, 0.15) is 0 Å². The molecule has 2 fully saturated rings. The maximum absolute atomic E-state index is 14.5. The van der Waals surface area contributed by atoms with E-state index in [1.807, 2.05) is 32.9 Å². The number of carbonyl (C=O) groups is 2. The van der Waals surface area contributed by atoms with Crippen LogP contribution in [0.15, 0.2) is 53.4 Å². The molecule has 0 radical (unpaired) electrons. The molecule has 1 N–H and O–H groups in total. The van der Waals surface area contributed by atoms with Crippen LogP contribution in [0.5, 0.6) is 0 Å². The van der Waals surface area contributed by atoms with Crippen molar-refractivity contribution in [2.45, 2.75) is 88.7 Å². The van der Waals surface area contributed by atoms with Gasteiger partial charge in [0.15, 0.2) is 11.9 Å². The molecule has 222 valence electrons. The first-order valence-electron chi connectivity index (χ1n) is 14.5. The molecule has 1 saturated heterocycles. The molecule has 2 aromatic carbocycles. The zero-order valence-corrected chi connectivity index (χ0v) is 25.0. The van der Waals surface area contributed by atoms with Gasteiger partial charge in [-0.25, -0.2) is 8.42 Å². The molecule has 1 amide bonds. The number of ether oxygens (including phenoxy) is 3. The van der Waals surface area contributed by atoms with Crippen molar-refractivity contribution in [1.82, 2.24) is 5.32 Å². The number of fused-ring (bicyclic) bond motifs is 1. The number of amides is 1. The minimum absolute atomic E-state index is 0.0945. The van der Waals surface area contributed by atoms with Crippen molar-refractivity contribution in [2.75, 3.05) is 17.5 Å². The predicted molar refractivity (Wildman–Crippen MR) is 154 cm³/mol. The number of benzene rings is 2. The lowest BCUT2D eigenvalue weighted by molar-refractivity contribution is -0.217. The Morgan fingerprint density at radius 3 is 2.41 bits per heavy atom. The van der Waals surface area contributed by atoms with E-state index in [2.05, 4.69) is 5.32 Å². The van der Waals surface area contributed by atoms with Gasteiger partial charge < -0.3 is 19.5 Å². The van der Waals surface area contributed by atoms with Crippen LogP contribution in [0.1, 0.15) is 70.0 Å². The van der Waals surface area contributed by atoms with Crippen LogP contribution >= 0.6 is 0 Å². The highest BCUT2D eigenvalue weighted by molar-refractivity contribution is 7.92. The van der Waals surface area contributed by atoms with Crippen LogP contribution in [0.2, 0.25) is 0 Å². The molecule has 5 rings (SSSR count). The molecule has 2 aliphatic heterocycles. The van der Waals surface area contributed by atoms with Crippen LogP contribution < -0.4 is 9.62 Å². The second kappa shape index (κ2) is 11.7. The normalized spacial score (nSPS) is 24.3. The van der Waals surface area contributed by atoms with Gasteiger partial charge in [-0.15, -0.1) is 0 Å². The third kappa shape index (κ3) is 5.74. The topological polar surface area (TPSA) is 111 Å². The lowest BCUT2D eigenvalue weighted by Gasteiger charge is -2.46. The van der Waals surface area contributed by atoms with E-state index >= 15 is 0 Å². The first kappa shape index (κ1) is 29.5. The van der Waals surface area contributed by atoms with Gasteiger partial charge >= 0.3 is 5.97 Å². The van der Waals surface area contributed by atoms with E-state index in [0.717, 1.165) is 18.4 Å². The molecular formula is C31H40N2O7S. The van der Waals surface area contributed by atoms with Crippen LogP contribution in [0.25, 0.3) is 0 Å². The highest BCUT2D eigenvalue weighted by atomic mass is 32.2. The minimum Gasteiger partial charge on any atom is -0.452 e. The number of sulfonamides is 1. The monoisotopic (exact) mass is 584 g/mol. The Balaban J connectivity index is 1.63. The van der Waals surface area contributed by atoms with E-state index in [1.165, 1.54) is 11.2 Å². The quantitative estimate of drug-likeness (QED) is 0.450. The fourth-order valence-electron chi connectivity index (χ4n) is 6.59. The Morgan fingerprint density at radius 1 is 1.07 bits per heavy atom. The van der Waals surface area contributed by atoms with E-state index in [-0.39, 0.29) is 16.7 Å². The zero-order valence-electron chi connectivity index (χ0n) is 24.2. The standard InChI is InChI=1S/C31H40N2O7S/c1-20(2)19-27(40-22(4)34)30(35)32-28-24-9-5-6-11-26(24)33(41(36,37)23-14-12-21(3)13-15-23)29(28)25-10-7-8-16-31(25)38-17-18-39-31/h5-6,9,11-15,20,25,27-29H,7-8,10,16-19H2,1-4H3,(H,32,35)/t25-,27?,28-,29+/m1/s1. The van der Waals surface area contributed by atoms with Crippen LogP contribution in [0.4, 0.5) is 5.69 Å². The lowest BCUT2D eigenvalue weighted by Crippen LogP contribution is -2.57. The van der Waals surface area contributed by atoms with E-state index in [1.54, 1.807) is 36.4 Å². The first-order valence-corrected chi connectivity index (χ1v) is 15.9. The fraction of sp³-hybridized carbons (Fsp3) is 0.548. The summed E-state index contributed by atoms with van der Waals surface area (Å²) in [6.45, 7) is 7.96. The summed E-state index contributed by atoms with van der Waals surface area (Å²) in [5.74, 6) is -2.20. The lowest BCUT2D eigenvalue weighted by atomic mass is 9.76. The molecule has 1 saturated carbocycles. The van der Waals surface area contributed by atoms with E-state index < -0.39 is 45.9 Å². The Bertz CT molecular complexity index is 1370. The number of nitrogens with one attached hydrogen (secondary N) is 1. The van der Waals surface area contributed by atoms with Gasteiger partial charge in [0.2, 0.25) is 0 Å². The molecule has 41 heavy (non-hydrogen) atoms. The summed E-state index contributed by atoms with van der Waals surface area (Å²) >= 11 is 0. The van der Waals surface area contributed by atoms with Gasteiger partial charge in [-0.2, -0.15) is 0 Å². The van der Waals surface area contributed by atoms with Gasteiger partial charge in [0.05, 0.1) is 35.9 Å². The number of hydrogen-bond acceptors (Lipinski definition) is 7. The molecule has 4 atom stereocenters. The van der Waals surface area contributed by atoms with Crippen LogP contribution in [-0.2, 0) is 33.8 Å². The van der Waals surface area contributed by atoms with Gasteiger partial charge in [0, 0.05) is 24.8 Å². The molecule has 1 spiro atoms. The molecule has 0 bridgehead atoms. The highest BCUT2D eigenvalue weighted by Crippen LogP contribution is 2.52. The highest BCUT2D eigenvalue weighted by Gasteiger charge is 2.58. The predicted octanol–water partition coefficient (Wildman–Crippen LogP) is 4.64. The van der Waals surface area contributed by atoms with Gasteiger partial charge in [-0.3, -0.25) is 13.9 Å². The summed E-state index contributed by atoms with van der Waals surface area (Å²) in [4.78, 5) is 25.8. The zero-order chi connectivity index (χ0) is 29.4. The average Bonchev–Trinajstić information content (AvgIpc) is 3.52. The molecule has 3 aliphatic rings. The third-order valence-electron chi connectivity index (χ3n) is 8.33. The number of aryl methyl sites for hydroxylation is 1. The van der Waals surface area contributed by atoms with E-state index in [4.69, 9.17) is 14.2 Å². The molecule has 2 aromatic rings. The minimum atomic E-state index is -4.05. The molecule has 9 nitrogen and oxygen atoms in total. The SMILES string of the molecule is CC(=O)OC(CC(C)C)C(=O)N[C@@H]1c2ccccc2N(S(=O)(=O)c2ccc(C)cc2)[C@H]1[C@H]1CCCCC12OCCO2. The summed E-state index contributed by atoms with van der Waals surface area (Å²) in [6, 6.07) is 12.6. The number of nitrogens with zero attached hydrogens (tertiary/aromatic N) is 1. The number of para-hydroxylation sites is 1. The van der Waals surface area contributed by atoms with Gasteiger partial charge in [0.25, 0.3) is 15.9 Å².